The molecule has 1 N–H and O–H groups in total. The van der Waals surface area contributed by atoms with Crippen molar-refractivity contribution < 1.29 is 9.47 Å². The van der Waals surface area contributed by atoms with Gasteiger partial charge in [0.15, 0.2) is 5.96 Å². The maximum atomic E-state index is 5.96. The van der Waals surface area contributed by atoms with Crippen LogP contribution in [0.3, 0.4) is 0 Å². The highest BCUT2D eigenvalue weighted by molar-refractivity contribution is 14.0. The second-order valence-corrected chi connectivity index (χ2v) is 7.52. The fourth-order valence-corrected chi connectivity index (χ4v) is 3.95. The maximum absolute atomic E-state index is 5.96. The first-order chi connectivity index (χ1) is 12.2. The Morgan fingerprint density at radius 3 is 2.50 bits per heavy atom. The van der Waals surface area contributed by atoms with Crippen LogP contribution in [-0.2, 0) is 9.47 Å². The summed E-state index contributed by atoms with van der Waals surface area (Å²) >= 11 is 0. The average Bonchev–Trinajstić information content (AvgIpc) is 3.18. The van der Waals surface area contributed by atoms with Gasteiger partial charge in [0, 0.05) is 65.5 Å². The summed E-state index contributed by atoms with van der Waals surface area (Å²) in [7, 11) is 4.07. The van der Waals surface area contributed by atoms with Crippen LogP contribution in [0.25, 0.3) is 0 Å². The number of likely N-dealkylation sites (N-methyl/N-ethyl adjacent to an activating group) is 1. The molecule has 0 amide bonds. The van der Waals surface area contributed by atoms with Gasteiger partial charge in [-0.2, -0.15) is 0 Å². The number of nitrogens with zero attached hydrogens (tertiary/aromatic N) is 4. The number of halogens is 1. The molecule has 8 heteroatoms. The summed E-state index contributed by atoms with van der Waals surface area (Å²) in [6, 6.07) is 0.514. The van der Waals surface area contributed by atoms with E-state index in [-0.39, 0.29) is 36.2 Å². The Bertz CT molecular complexity index is 439. The van der Waals surface area contributed by atoms with E-state index in [9.17, 15) is 0 Å². The summed E-state index contributed by atoms with van der Waals surface area (Å²) in [5.41, 5.74) is 0. The van der Waals surface area contributed by atoms with Crippen molar-refractivity contribution in [3.05, 3.63) is 0 Å². The minimum atomic E-state index is 0. The van der Waals surface area contributed by atoms with Gasteiger partial charge in [-0.3, -0.25) is 9.89 Å². The number of nitrogens with one attached hydrogen (secondary N) is 1. The number of piperazine rings is 1. The van der Waals surface area contributed by atoms with Gasteiger partial charge in [0.25, 0.3) is 0 Å². The van der Waals surface area contributed by atoms with E-state index in [4.69, 9.17) is 9.47 Å². The minimum absolute atomic E-state index is 0. The van der Waals surface area contributed by atoms with Crippen LogP contribution < -0.4 is 5.32 Å². The van der Waals surface area contributed by atoms with Crippen LogP contribution in [-0.4, -0.2) is 112 Å². The van der Waals surface area contributed by atoms with E-state index in [0.717, 1.165) is 77.8 Å². The lowest BCUT2D eigenvalue weighted by Gasteiger charge is -2.39. The smallest absolute Gasteiger partial charge is 0.193 e. The van der Waals surface area contributed by atoms with E-state index >= 15 is 0 Å². The summed E-state index contributed by atoms with van der Waals surface area (Å²) in [5.74, 6) is 0.993. The summed E-state index contributed by atoms with van der Waals surface area (Å²) in [4.78, 5) is 11.8. The van der Waals surface area contributed by atoms with Crippen molar-refractivity contribution in [2.45, 2.75) is 38.0 Å². The Hall–Kier alpha value is -0.160. The molecule has 0 radical (unpaired) electrons. The minimum Gasteiger partial charge on any atom is -0.375 e. The molecule has 3 atom stereocenters. The van der Waals surface area contributed by atoms with E-state index in [0.29, 0.717) is 6.04 Å². The molecule has 7 nitrogen and oxygen atoms in total. The van der Waals surface area contributed by atoms with Gasteiger partial charge in [0.05, 0.1) is 12.7 Å². The second-order valence-electron chi connectivity index (χ2n) is 7.52. The molecule has 0 aromatic carbocycles. The lowest BCUT2D eigenvalue weighted by Crippen LogP contribution is -2.56. The van der Waals surface area contributed by atoms with Crippen LogP contribution in [0.2, 0.25) is 0 Å². The first-order valence-corrected chi connectivity index (χ1v) is 9.78. The van der Waals surface area contributed by atoms with Crippen molar-refractivity contribution in [3.63, 3.8) is 0 Å². The third-order valence-electron chi connectivity index (χ3n) is 5.70. The van der Waals surface area contributed by atoms with Gasteiger partial charge in [-0.05, 0) is 26.8 Å². The van der Waals surface area contributed by atoms with Crippen LogP contribution in [0.15, 0.2) is 4.99 Å². The fraction of sp³-hybridized carbons (Fsp3) is 0.944. The zero-order valence-corrected chi connectivity index (χ0v) is 18.9. The number of rotatable bonds is 4. The number of hydrogen-bond donors (Lipinski definition) is 1. The van der Waals surface area contributed by atoms with Crippen molar-refractivity contribution in [3.8, 4) is 0 Å². The molecule has 3 fully saturated rings. The second kappa shape index (κ2) is 11.0. The largest absolute Gasteiger partial charge is 0.375 e. The Balaban J connectivity index is 0.00000243. The molecular weight excluding hydrogens is 445 g/mol. The highest BCUT2D eigenvalue weighted by Gasteiger charge is 2.32. The molecule has 0 bridgehead atoms. The van der Waals surface area contributed by atoms with Crippen molar-refractivity contribution >= 4 is 29.9 Å². The van der Waals surface area contributed by atoms with Gasteiger partial charge in [0.1, 0.15) is 6.10 Å². The Kier molecular flexibility index (Phi) is 9.36. The van der Waals surface area contributed by atoms with Gasteiger partial charge in [0.2, 0.25) is 0 Å². The third-order valence-corrected chi connectivity index (χ3v) is 5.70. The molecule has 26 heavy (non-hydrogen) atoms. The van der Waals surface area contributed by atoms with Crippen LogP contribution in [0.1, 0.15) is 19.8 Å². The fourth-order valence-electron chi connectivity index (χ4n) is 3.95. The maximum Gasteiger partial charge on any atom is 0.193 e. The van der Waals surface area contributed by atoms with Gasteiger partial charge in [-0.15, -0.1) is 24.0 Å². The number of morpholine rings is 1. The zero-order chi connectivity index (χ0) is 17.6. The summed E-state index contributed by atoms with van der Waals surface area (Å²) in [5, 5.41) is 3.58. The molecule has 152 valence electrons. The van der Waals surface area contributed by atoms with E-state index in [1.807, 2.05) is 7.05 Å². The Labute approximate surface area is 175 Å². The SMILES string of the molecule is CN=C(NCC(C)N1CCN(C)CC1)N1CCOC(C2CCCO2)C1.I. The van der Waals surface area contributed by atoms with Crippen molar-refractivity contribution in [2.24, 2.45) is 4.99 Å². The normalized spacial score (nSPS) is 30.1. The third kappa shape index (κ3) is 5.92. The van der Waals surface area contributed by atoms with Crippen LogP contribution >= 0.6 is 24.0 Å². The summed E-state index contributed by atoms with van der Waals surface area (Å²) in [6.07, 6.45) is 2.69. The topological polar surface area (TPSA) is 52.6 Å². The molecule has 0 aromatic heterocycles. The molecule has 3 heterocycles. The molecule has 3 saturated heterocycles. The monoisotopic (exact) mass is 481 g/mol. The van der Waals surface area contributed by atoms with Gasteiger partial charge >= 0.3 is 0 Å². The summed E-state index contributed by atoms with van der Waals surface area (Å²) < 4.78 is 11.8. The Morgan fingerprint density at radius 2 is 1.85 bits per heavy atom. The molecule has 3 rings (SSSR count). The van der Waals surface area contributed by atoms with Crippen LogP contribution in [0, 0.1) is 0 Å². The molecular formula is C18H36IN5O2. The first kappa shape index (κ1) is 22.1. The average molecular weight is 481 g/mol. The van der Waals surface area contributed by atoms with Crippen molar-refractivity contribution in [1.82, 2.24) is 20.0 Å². The first-order valence-electron chi connectivity index (χ1n) is 9.78. The quantitative estimate of drug-likeness (QED) is 0.363. The molecule has 0 spiro atoms. The van der Waals surface area contributed by atoms with E-state index < -0.39 is 0 Å². The lowest BCUT2D eigenvalue weighted by molar-refractivity contribution is -0.0817. The molecule has 3 aliphatic rings. The van der Waals surface area contributed by atoms with E-state index in [1.165, 1.54) is 0 Å². The standard InChI is InChI=1S/C18H35N5O2.HI/c1-15(22-8-6-21(3)7-9-22)13-20-18(19-2)23-10-12-25-17(14-23)16-5-4-11-24-16;/h15-17H,4-14H2,1-3H3,(H,19,20);1H. The van der Waals surface area contributed by atoms with Gasteiger partial charge in [-0.25, -0.2) is 0 Å². The van der Waals surface area contributed by atoms with Crippen LogP contribution in [0.4, 0.5) is 0 Å². The van der Waals surface area contributed by atoms with Gasteiger partial charge in [-0.1, -0.05) is 0 Å². The van der Waals surface area contributed by atoms with Crippen molar-refractivity contribution in [2.75, 3.05) is 73.1 Å². The highest BCUT2D eigenvalue weighted by atomic mass is 127. The highest BCUT2D eigenvalue weighted by Crippen LogP contribution is 2.21. The van der Waals surface area contributed by atoms with Crippen molar-refractivity contribution in [1.29, 1.82) is 0 Å². The molecule has 0 aromatic rings. The van der Waals surface area contributed by atoms with E-state index in [2.05, 4.69) is 39.0 Å². The Morgan fingerprint density at radius 1 is 1.12 bits per heavy atom. The molecule has 3 unspecified atom stereocenters. The predicted octanol–water partition coefficient (Wildman–Crippen LogP) is 0.696. The predicted molar refractivity (Wildman–Crippen MR) is 116 cm³/mol. The molecule has 3 aliphatic heterocycles. The van der Waals surface area contributed by atoms with E-state index in [1.54, 1.807) is 0 Å². The number of hydrogen-bond acceptors (Lipinski definition) is 5. The number of ether oxygens (including phenoxy) is 2. The number of aliphatic imine (C=N–C) groups is 1. The number of guanidine groups is 1. The molecule has 0 aliphatic carbocycles. The lowest BCUT2D eigenvalue weighted by atomic mass is 10.1. The van der Waals surface area contributed by atoms with Crippen LogP contribution in [0.5, 0.6) is 0 Å². The van der Waals surface area contributed by atoms with Gasteiger partial charge < -0.3 is 24.6 Å². The zero-order valence-electron chi connectivity index (χ0n) is 16.5. The molecule has 0 saturated carbocycles. The summed E-state index contributed by atoms with van der Waals surface area (Å²) in [6.45, 7) is 11.2.